The average Bonchev–Trinajstić information content (AvgIpc) is 3.33. The monoisotopic (exact) mass is 456 g/mol. The third-order valence-corrected chi connectivity index (χ3v) is 6.04. The van der Waals surface area contributed by atoms with Gasteiger partial charge in [-0.25, -0.2) is 4.39 Å². The van der Waals surface area contributed by atoms with E-state index < -0.39 is 18.3 Å². The van der Waals surface area contributed by atoms with Crippen molar-refractivity contribution >= 4 is 30.0 Å². The Morgan fingerprint density at radius 1 is 1.06 bits per heavy atom. The van der Waals surface area contributed by atoms with E-state index in [1.54, 1.807) is 12.3 Å². The Bertz CT molecular complexity index is 1090. The molecule has 0 spiro atoms. The Balaban J connectivity index is 0.000000709. The Hall–Kier alpha value is -2.84. The fourth-order valence-electron chi connectivity index (χ4n) is 3.53. The number of carbonyl (C=O) groups excluding carboxylic acids is 1. The van der Waals surface area contributed by atoms with Crippen molar-refractivity contribution in [1.29, 1.82) is 0 Å². The van der Waals surface area contributed by atoms with E-state index in [2.05, 4.69) is 4.74 Å². The lowest BCUT2D eigenvalue weighted by Crippen LogP contribution is -2.41. The first-order chi connectivity index (χ1) is 15.6. The van der Waals surface area contributed by atoms with Gasteiger partial charge >= 0.3 is 7.12 Å². The molecule has 6 nitrogen and oxygen atoms in total. The van der Waals surface area contributed by atoms with E-state index in [1.165, 1.54) is 19.2 Å². The summed E-state index contributed by atoms with van der Waals surface area (Å²) in [5, 5.41) is 0.964. The van der Waals surface area contributed by atoms with Crippen LogP contribution in [0.25, 0.3) is 11.0 Å². The lowest BCUT2D eigenvalue weighted by molar-refractivity contribution is -0.126. The Morgan fingerprint density at radius 2 is 1.73 bits per heavy atom. The zero-order valence-corrected chi connectivity index (χ0v) is 19.9. The van der Waals surface area contributed by atoms with E-state index in [-0.39, 0.29) is 5.82 Å². The van der Waals surface area contributed by atoms with Crippen LogP contribution in [-0.4, -0.2) is 31.9 Å². The van der Waals surface area contributed by atoms with Crippen molar-refractivity contribution in [3.63, 3.8) is 0 Å². The van der Waals surface area contributed by atoms with Gasteiger partial charge in [0.05, 0.1) is 24.6 Å². The normalized spacial score (nSPS) is 16.3. The molecule has 0 bridgehead atoms. The molecule has 0 atom stereocenters. The standard InChI is InChI=1S/C23H26BFO4.C2H4O2/c1-6-16-13-18(25)7-8-20(16)27-14-15-11-17-9-10-26-21(17)19(12-15)24-28-22(2,3)23(4,5)29-24;1-4-2-3/h7-13H,6,14H2,1-5H3;2H,1H3. The third kappa shape index (κ3) is 5.39. The summed E-state index contributed by atoms with van der Waals surface area (Å²) in [6, 6.07) is 10.6. The highest BCUT2D eigenvalue weighted by atomic mass is 19.1. The predicted molar refractivity (Wildman–Crippen MR) is 125 cm³/mol. The number of ether oxygens (including phenoxy) is 2. The zero-order valence-electron chi connectivity index (χ0n) is 19.9. The van der Waals surface area contributed by atoms with Gasteiger partial charge in [-0.3, -0.25) is 4.79 Å². The van der Waals surface area contributed by atoms with Crippen LogP contribution in [0.4, 0.5) is 4.39 Å². The van der Waals surface area contributed by atoms with E-state index in [1.807, 2.05) is 52.8 Å². The highest BCUT2D eigenvalue weighted by Crippen LogP contribution is 2.37. The Kier molecular flexibility index (Phi) is 7.49. The van der Waals surface area contributed by atoms with Crippen molar-refractivity contribution in [2.75, 3.05) is 7.11 Å². The van der Waals surface area contributed by atoms with Gasteiger partial charge in [0, 0.05) is 10.8 Å². The molecule has 0 aliphatic carbocycles. The molecule has 2 heterocycles. The molecule has 0 N–H and O–H groups in total. The first-order valence-electron chi connectivity index (χ1n) is 10.8. The van der Waals surface area contributed by atoms with E-state index >= 15 is 0 Å². The molecule has 0 radical (unpaired) electrons. The fourth-order valence-corrected chi connectivity index (χ4v) is 3.53. The topological polar surface area (TPSA) is 67.1 Å². The van der Waals surface area contributed by atoms with Gasteiger partial charge in [-0.2, -0.15) is 0 Å². The second-order valence-corrected chi connectivity index (χ2v) is 8.84. The minimum absolute atomic E-state index is 0.253. The highest BCUT2D eigenvalue weighted by molar-refractivity contribution is 6.64. The molecule has 0 amide bonds. The molecule has 1 saturated heterocycles. The van der Waals surface area contributed by atoms with Crippen LogP contribution in [0.3, 0.4) is 0 Å². The van der Waals surface area contributed by atoms with Crippen LogP contribution < -0.4 is 10.2 Å². The molecule has 0 unspecified atom stereocenters. The predicted octanol–water partition coefficient (Wildman–Crippen LogP) is 4.80. The summed E-state index contributed by atoms with van der Waals surface area (Å²) < 4.78 is 41.6. The highest BCUT2D eigenvalue weighted by Gasteiger charge is 2.52. The Labute approximate surface area is 194 Å². The quantitative estimate of drug-likeness (QED) is 0.392. The van der Waals surface area contributed by atoms with Crippen molar-refractivity contribution in [1.82, 2.24) is 0 Å². The largest absolute Gasteiger partial charge is 0.498 e. The van der Waals surface area contributed by atoms with Gasteiger partial charge in [0.15, 0.2) is 0 Å². The molecule has 3 aromatic rings. The van der Waals surface area contributed by atoms with Crippen LogP contribution in [-0.2, 0) is 31.9 Å². The summed E-state index contributed by atoms with van der Waals surface area (Å²) in [5.74, 6) is 0.440. The second kappa shape index (κ2) is 9.97. The van der Waals surface area contributed by atoms with Gasteiger partial charge in [0.25, 0.3) is 6.47 Å². The van der Waals surface area contributed by atoms with Gasteiger partial charge in [-0.15, -0.1) is 0 Å². The molecule has 1 aliphatic heterocycles. The molecule has 1 fully saturated rings. The molecule has 0 saturated carbocycles. The number of methoxy groups -OCH3 is 1. The summed E-state index contributed by atoms with van der Waals surface area (Å²) in [7, 11) is 0.790. The van der Waals surface area contributed by atoms with Crippen LogP contribution in [0, 0.1) is 5.82 Å². The molecular weight excluding hydrogens is 426 g/mol. The smallest absolute Gasteiger partial charge is 0.489 e. The molecule has 1 aliphatic rings. The summed E-state index contributed by atoms with van der Waals surface area (Å²) in [6.45, 7) is 10.8. The molecule has 176 valence electrons. The number of halogens is 1. The first kappa shape index (κ1) is 24.8. The maximum Gasteiger partial charge on any atom is 0.498 e. The third-order valence-electron chi connectivity index (χ3n) is 6.04. The number of benzene rings is 2. The van der Waals surface area contributed by atoms with E-state index in [9.17, 15) is 4.39 Å². The van der Waals surface area contributed by atoms with Crippen molar-refractivity contribution < 1.29 is 32.4 Å². The van der Waals surface area contributed by atoms with Gasteiger partial charge in [-0.1, -0.05) is 13.0 Å². The number of furan rings is 1. The number of hydrogen-bond acceptors (Lipinski definition) is 6. The summed E-state index contributed by atoms with van der Waals surface area (Å²) in [4.78, 5) is 8.95. The van der Waals surface area contributed by atoms with Crippen molar-refractivity contribution in [2.45, 2.75) is 58.8 Å². The summed E-state index contributed by atoms with van der Waals surface area (Å²) in [6.07, 6.45) is 2.37. The molecule has 8 heteroatoms. The maximum absolute atomic E-state index is 13.5. The lowest BCUT2D eigenvalue weighted by atomic mass is 9.77. The fraction of sp³-hybridized carbons (Fsp3) is 0.400. The number of rotatable bonds is 6. The zero-order chi connectivity index (χ0) is 24.2. The molecule has 1 aromatic heterocycles. The Morgan fingerprint density at radius 3 is 2.33 bits per heavy atom. The maximum atomic E-state index is 13.5. The van der Waals surface area contributed by atoms with E-state index in [4.69, 9.17) is 23.3 Å². The van der Waals surface area contributed by atoms with Crippen molar-refractivity contribution in [2.24, 2.45) is 0 Å². The van der Waals surface area contributed by atoms with Crippen LogP contribution in [0.5, 0.6) is 5.75 Å². The lowest BCUT2D eigenvalue weighted by Gasteiger charge is -2.32. The van der Waals surface area contributed by atoms with Crippen molar-refractivity contribution in [3.05, 3.63) is 59.6 Å². The van der Waals surface area contributed by atoms with Crippen LogP contribution in [0.15, 0.2) is 47.1 Å². The van der Waals surface area contributed by atoms with Gasteiger partial charge in [0.1, 0.15) is 23.8 Å². The molecule has 2 aromatic carbocycles. The molecular formula is C25H30BFO6. The van der Waals surface area contributed by atoms with Crippen molar-refractivity contribution in [3.8, 4) is 5.75 Å². The minimum Gasteiger partial charge on any atom is -0.489 e. The van der Waals surface area contributed by atoms with Crippen LogP contribution in [0.2, 0.25) is 0 Å². The van der Waals surface area contributed by atoms with E-state index in [0.29, 0.717) is 25.2 Å². The molecule has 4 rings (SSSR count). The number of hydrogen-bond donors (Lipinski definition) is 0. The second-order valence-electron chi connectivity index (χ2n) is 8.84. The van der Waals surface area contributed by atoms with Crippen LogP contribution >= 0.6 is 0 Å². The summed E-state index contributed by atoms with van der Waals surface area (Å²) >= 11 is 0. The number of fused-ring (bicyclic) bond motifs is 1. The van der Waals surface area contributed by atoms with Gasteiger partial charge in [0.2, 0.25) is 0 Å². The van der Waals surface area contributed by atoms with Gasteiger partial charge < -0.3 is 23.2 Å². The SMILES string of the molecule is CCc1cc(F)ccc1OCc1cc(B2OC(C)(C)C(C)(C)O2)c2occc2c1.COC=O. The number of aryl methyl sites for hydroxylation is 1. The van der Waals surface area contributed by atoms with E-state index in [0.717, 1.165) is 27.6 Å². The minimum atomic E-state index is -0.523. The molecule has 33 heavy (non-hydrogen) atoms. The van der Waals surface area contributed by atoms with Crippen LogP contribution in [0.1, 0.15) is 45.7 Å². The van der Waals surface area contributed by atoms with Gasteiger partial charge in [-0.05, 0) is 75.6 Å². The average molecular weight is 456 g/mol. The number of carbonyl (C=O) groups is 1. The summed E-state index contributed by atoms with van der Waals surface area (Å²) in [5.41, 5.74) is 2.54. The first-order valence-corrected chi connectivity index (χ1v) is 10.8.